The van der Waals surface area contributed by atoms with Crippen molar-refractivity contribution in [3.63, 3.8) is 0 Å². The Hall–Kier alpha value is -1.35. The molecular weight excluding hydrogens is 190 g/mol. The first-order valence-electron chi connectivity index (χ1n) is 4.95. The number of benzene rings is 1. The van der Waals surface area contributed by atoms with Gasteiger partial charge in [-0.25, -0.2) is 0 Å². The molecule has 0 radical (unpaired) electrons. The van der Waals surface area contributed by atoms with Crippen molar-refractivity contribution in [1.82, 2.24) is 0 Å². The van der Waals surface area contributed by atoms with Gasteiger partial charge in [0.2, 0.25) is 0 Å². The van der Waals surface area contributed by atoms with Gasteiger partial charge in [-0.05, 0) is 25.0 Å². The highest BCUT2D eigenvalue weighted by molar-refractivity contribution is 5.79. The maximum Gasteiger partial charge on any atom is 0.314 e. The minimum absolute atomic E-state index is 0.272. The Kier molecular flexibility index (Phi) is 3.86. The largest absolute Gasteiger partial charge is 0.469 e. The molecule has 0 aromatic heterocycles. The van der Waals surface area contributed by atoms with Gasteiger partial charge >= 0.3 is 5.97 Å². The number of carbonyl (C=O) groups excluding carboxylic acids is 1. The lowest BCUT2D eigenvalue weighted by molar-refractivity contribution is -0.142. The zero-order valence-corrected chi connectivity index (χ0v) is 9.41. The summed E-state index contributed by atoms with van der Waals surface area (Å²) in [6.07, 6.45) is 0. The molecule has 1 unspecified atom stereocenters. The van der Waals surface area contributed by atoms with Crippen LogP contribution in [0.1, 0.15) is 22.6 Å². The number of methoxy groups -OCH3 is 1. The van der Waals surface area contributed by atoms with Crippen molar-refractivity contribution in [2.24, 2.45) is 5.73 Å². The normalized spacial score (nSPS) is 12.3. The number of ether oxygens (including phenoxy) is 1. The third kappa shape index (κ3) is 2.57. The molecule has 3 heteroatoms. The third-order valence-corrected chi connectivity index (χ3v) is 2.53. The van der Waals surface area contributed by atoms with Gasteiger partial charge in [0.25, 0.3) is 0 Å². The van der Waals surface area contributed by atoms with Crippen LogP contribution in [0, 0.1) is 13.8 Å². The minimum atomic E-state index is -0.352. The second-order valence-electron chi connectivity index (χ2n) is 3.67. The second-order valence-corrected chi connectivity index (χ2v) is 3.67. The number of esters is 1. The quantitative estimate of drug-likeness (QED) is 0.764. The number of hydrogen-bond donors (Lipinski definition) is 1. The van der Waals surface area contributed by atoms with E-state index in [9.17, 15) is 4.79 Å². The van der Waals surface area contributed by atoms with Gasteiger partial charge in [0, 0.05) is 6.54 Å². The molecule has 2 N–H and O–H groups in total. The predicted molar refractivity (Wildman–Crippen MR) is 59.7 cm³/mol. The molecule has 0 heterocycles. The molecule has 0 fully saturated rings. The van der Waals surface area contributed by atoms with E-state index in [0.29, 0.717) is 0 Å². The molecule has 0 saturated heterocycles. The fourth-order valence-electron chi connectivity index (χ4n) is 1.63. The average molecular weight is 207 g/mol. The molecule has 82 valence electrons. The van der Waals surface area contributed by atoms with Crippen molar-refractivity contribution in [3.8, 4) is 0 Å². The molecule has 0 aliphatic heterocycles. The number of hydrogen-bond acceptors (Lipinski definition) is 3. The van der Waals surface area contributed by atoms with Crippen LogP contribution >= 0.6 is 0 Å². The van der Waals surface area contributed by atoms with Crippen LogP contribution in [-0.2, 0) is 9.53 Å². The van der Waals surface area contributed by atoms with Crippen LogP contribution in [0.4, 0.5) is 0 Å². The molecule has 0 saturated carbocycles. The topological polar surface area (TPSA) is 52.3 Å². The summed E-state index contributed by atoms with van der Waals surface area (Å²) in [5.74, 6) is -0.624. The van der Waals surface area contributed by atoms with Gasteiger partial charge < -0.3 is 10.5 Å². The van der Waals surface area contributed by atoms with Crippen molar-refractivity contribution in [2.75, 3.05) is 13.7 Å². The lowest BCUT2D eigenvalue weighted by Crippen LogP contribution is -2.23. The van der Waals surface area contributed by atoms with Gasteiger partial charge in [0.15, 0.2) is 0 Å². The zero-order valence-electron chi connectivity index (χ0n) is 9.41. The standard InChI is InChI=1S/C12H17NO2/c1-8-4-5-9(2)10(6-8)11(7-13)12(14)15-3/h4-6,11H,7,13H2,1-3H3. The molecular formula is C12H17NO2. The van der Waals surface area contributed by atoms with Crippen LogP contribution in [0.3, 0.4) is 0 Å². The number of nitrogens with two attached hydrogens (primary N) is 1. The van der Waals surface area contributed by atoms with Crippen molar-refractivity contribution in [1.29, 1.82) is 0 Å². The van der Waals surface area contributed by atoms with Crippen LogP contribution in [-0.4, -0.2) is 19.6 Å². The summed E-state index contributed by atoms with van der Waals surface area (Å²) < 4.78 is 4.73. The molecule has 3 nitrogen and oxygen atoms in total. The highest BCUT2D eigenvalue weighted by atomic mass is 16.5. The average Bonchev–Trinajstić information content (AvgIpc) is 2.23. The lowest BCUT2D eigenvalue weighted by Gasteiger charge is -2.15. The summed E-state index contributed by atoms with van der Waals surface area (Å²) in [6, 6.07) is 6.00. The SMILES string of the molecule is COC(=O)C(CN)c1cc(C)ccc1C. The Morgan fingerprint density at radius 1 is 1.47 bits per heavy atom. The van der Waals surface area contributed by atoms with E-state index >= 15 is 0 Å². The smallest absolute Gasteiger partial charge is 0.314 e. The monoisotopic (exact) mass is 207 g/mol. The van der Waals surface area contributed by atoms with Crippen molar-refractivity contribution < 1.29 is 9.53 Å². The summed E-state index contributed by atoms with van der Waals surface area (Å²) in [4.78, 5) is 11.5. The molecule has 0 spiro atoms. The maximum absolute atomic E-state index is 11.5. The Morgan fingerprint density at radius 2 is 2.13 bits per heavy atom. The van der Waals surface area contributed by atoms with Gasteiger partial charge in [-0.1, -0.05) is 23.8 Å². The van der Waals surface area contributed by atoms with E-state index in [4.69, 9.17) is 10.5 Å². The highest BCUT2D eigenvalue weighted by Crippen LogP contribution is 2.21. The Morgan fingerprint density at radius 3 is 2.67 bits per heavy atom. The van der Waals surface area contributed by atoms with E-state index in [0.717, 1.165) is 16.7 Å². The lowest BCUT2D eigenvalue weighted by atomic mass is 9.93. The van der Waals surface area contributed by atoms with Crippen LogP contribution in [0.25, 0.3) is 0 Å². The molecule has 0 bridgehead atoms. The number of aryl methyl sites for hydroxylation is 2. The van der Waals surface area contributed by atoms with Crippen LogP contribution in [0.15, 0.2) is 18.2 Å². The zero-order chi connectivity index (χ0) is 11.4. The van der Waals surface area contributed by atoms with Crippen LogP contribution in [0.2, 0.25) is 0 Å². The fraction of sp³-hybridized carbons (Fsp3) is 0.417. The summed E-state index contributed by atoms with van der Waals surface area (Å²) in [7, 11) is 1.39. The van der Waals surface area contributed by atoms with Gasteiger partial charge in [0.05, 0.1) is 13.0 Å². The predicted octanol–water partition coefficient (Wildman–Crippen LogP) is 1.52. The maximum atomic E-state index is 11.5. The summed E-state index contributed by atoms with van der Waals surface area (Å²) in [5.41, 5.74) is 8.76. The molecule has 1 aromatic carbocycles. The number of rotatable bonds is 3. The summed E-state index contributed by atoms with van der Waals surface area (Å²) in [5, 5.41) is 0. The molecule has 1 atom stereocenters. The van der Waals surface area contributed by atoms with Gasteiger partial charge in [-0.15, -0.1) is 0 Å². The van der Waals surface area contributed by atoms with E-state index in [1.165, 1.54) is 7.11 Å². The second kappa shape index (κ2) is 4.94. The highest BCUT2D eigenvalue weighted by Gasteiger charge is 2.21. The molecule has 0 amide bonds. The molecule has 1 aromatic rings. The van der Waals surface area contributed by atoms with Gasteiger partial charge in [0.1, 0.15) is 0 Å². The molecule has 0 aliphatic rings. The van der Waals surface area contributed by atoms with Gasteiger partial charge in [-0.2, -0.15) is 0 Å². The van der Waals surface area contributed by atoms with E-state index in [1.54, 1.807) is 0 Å². The van der Waals surface area contributed by atoms with Gasteiger partial charge in [-0.3, -0.25) is 4.79 Å². The van der Waals surface area contributed by atoms with E-state index in [-0.39, 0.29) is 18.4 Å². The Labute approximate surface area is 90.2 Å². The first-order chi connectivity index (χ1) is 7.10. The summed E-state index contributed by atoms with van der Waals surface area (Å²) in [6.45, 7) is 4.24. The first-order valence-corrected chi connectivity index (χ1v) is 4.95. The van der Waals surface area contributed by atoms with E-state index in [2.05, 4.69) is 0 Å². The molecule has 1 rings (SSSR count). The van der Waals surface area contributed by atoms with Crippen LogP contribution in [0.5, 0.6) is 0 Å². The Balaban J connectivity index is 3.11. The first kappa shape index (κ1) is 11.7. The Bertz CT molecular complexity index is 361. The van der Waals surface area contributed by atoms with Crippen molar-refractivity contribution in [3.05, 3.63) is 34.9 Å². The van der Waals surface area contributed by atoms with E-state index in [1.807, 2.05) is 32.0 Å². The van der Waals surface area contributed by atoms with Crippen molar-refractivity contribution in [2.45, 2.75) is 19.8 Å². The minimum Gasteiger partial charge on any atom is -0.469 e. The third-order valence-electron chi connectivity index (χ3n) is 2.53. The van der Waals surface area contributed by atoms with E-state index < -0.39 is 0 Å². The fourth-order valence-corrected chi connectivity index (χ4v) is 1.63. The molecule has 0 aliphatic carbocycles. The van der Waals surface area contributed by atoms with Crippen molar-refractivity contribution >= 4 is 5.97 Å². The van der Waals surface area contributed by atoms with Crippen LogP contribution < -0.4 is 5.73 Å². The summed E-state index contributed by atoms with van der Waals surface area (Å²) >= 11 is 0. The molecule has 15 heavy (non-hydrogen) atoms. The number of carbonyl (C=O) groups is 1.